The lowest BCUT2D eigenvalue weighted by atomic mass is 10.3. The zero-order valence-electron chi connectivity index (χ0n) is 14.8. The second kappa shape index (κ2) is 11.1. The summed E-state index contributed by atoms with van der Waals surface area (Å²) in [5, 5.41) is 7.47. The molecule has 25 heavy (non-hydrogen) atoms. The van der Waals surface area contributed by atoms with E-state index in [2.05, 4.69) is 25.2 Å². The van der Waals surface area contributed by atoms with E-state index in [1.165, 1.54) is 4.90 Å². The number of halogens is 1. The zero-order valence-corrected chi connectivity index (χ0v) is 16.4. The number of imidazole rings is 1. The predicted molar refractivity (Wildman–Crippen MR) is 108 cm³/mol. The van der Waals surface area contributed by atoms with Crippen LogP contribution in [-0.4, -0.2) is 41.4 Å². The van der Waals surface area contributed by atoms with E-state index in [1.807, 2.05) is 43.6 Å². The van der Waals surface area contributed by atoms with Crippen LogP contribution in [0.4, 0.5) is 0 Å². The van der Waals surface area contributed by atoms with Gasteiger partial charge >= 0.3 is 0 Å². The van der Waals surface area contributed by atoms with Crippen molar-refractivity contribution in [3.63, 3.8) is 0 Å². The molecule has 0 amide bonds. The van der Waals surface area contributed by atoms with Gasteiger partial charge in [0.05, 0.1) is 0 Å². The third kappa shape index (κ3) is 7.40. The van der Waals surface area contributed by atoms with Gasteiger partial charge in [-0.25, -0.2) is 4.98 Å². The van der Waals surface area contributed by atoms with Crippen LogP contribution in [0.5, 0.6) is 0 Å². The molecule has 0 atom stereocenters. The molecule has 2 aromatic rings. The smallest absolute Gasteiger partial charge is 0.191 e. The minimum atomic E-state index is 0.773. The SMILES string of the molecule is CN=C(NCCCCn1ccnc1C)NCCSc1ccc(Cl)cc1. The van der Waals surface area contributed by atoms with Gasteiger partial charge in [-0.15, -0.1) is 11.8 Å². The lowest BCUT2D eigenvalue weighted by Crippen LogP contribution is -2.38. The van der Waals surface area contributed by atoms with Gasteiger partial charge in [-0.2, -0.15) is 0 Å². The Labute approximate surface area is 159 Å². The number of nitrogens with zero attached hydrogens (tertiary/aromatic N) is 3. The number of aryl methyl sites for hydroxylation is 2. The first-order valence-corrected chi connectivity index (χ1v) is 9.86. The molecule has 0 saturated carbocycles. The molecule has 7 heteroatoms. The maximum Gasteiger partial charge on any atom is 0.191 e. The van der Waals surface area contributed by atoms with Crippen LogP contribution < -0.4 is 10.6 Å². The van der Waals surface area contributed by atoms with Gasteiger partial charge in [0.25, 0.3) is 0 Å². The third-order valence-electron chi connectivity index (χ3n) is 3.74. The van der Waals surface area contributed by atoms with Gasteiger partial charge in [0.15, 0.2) is 5.96 Å². The summed E-state index contributed by atoms with van der Waals surface area (Å²) in [7, 11) is 1.80. The van der Waals surface area contributed by atoms with Crippen LogP contribution in [0, 0.1) is 6.92 Å². The number of benzene rings is 1. The molecule has 5 nitrogen and oxygen atoms in total. The van der Waals surface area contributed by atoms with Crippen molar-refractivity contribution in [2.24, 2.45) is 4.99 Å². The van der Waals surface area contributed by atoms with E-state index < -0.39 is 0 Å². The van der Waals surface area contributed by atoms with Crippen molar-refractivity contribution in [2.75, 3.05) is 25.9 Å². The molecule has 0 fully saturated rings. The lowest BCUT2D eigenvalue weighted by Gasteiger charge is -2.12. The molecular formula is C18H26ClN5S. The summed E-state index contributed by atoms with van der Waals surface area (Å²) in [6.07, 6.45) is 6.09. The van der Waals surface area contributed by atoms with E-state index in [-0.39, 0.29) is 0 Å². The maximum atomic E-state index is 5.89. The molecular weight excluding hydrogens is 354 g/mol. The van der Waals surface area contributed by atoms with Crippen molar-refractivity contribution < 1.29 is 0 Å². The summed E-state index contributed by atoms with van der Waals surface area (Å²) in [5.41, 5.74) is 0. The van der Waals surface area contributed by atoms with Crippen molar-refractivity contribution in [2.45, 2.75) is 31.2 Å². The molecule has 0 aliphatic heterocycles. The standard InChI is InChI=1S/C18H26ClN5S/c1-15-21-10-13-24(15)12-4-3-9-22-18(20-2)23-11-14-25-17-7-5-16(19)6-8-17/h5-8,10,13H,3-4,9,11-12,14H2,1-2H3,(H2,20,22,23). The highest BCUT2D eigenvalue weighted by atomic mass is 35.5. The predicted octanol–water partition coefficient (Wildman–Crippen LogP) is 3.58. The average molecular weight is 380 g/mol. The highest BCUT2D eigenvalue weighted by Gasteiger charge is 1.99. The summed E-state index contributed by atoms with van der Waals surface area (Å²) in [6.45, 7) is 4.82. The van der Waals surface area contributed by atoms with Crippen LogP contribution in [0.15, 0.2) is 46.5 Å². The Bertz CT molecular complexity index is 654. The molecule has 0 radical (unpaired) electrons. The number of nitrogens with one attached hydrogen (secondary N) is 2. The normalized spacial score (nSPS) is 11.6. The van der Waals surface area contributed by atoms with Gasteiger partial charge < -0.3 is 15.2 Å². The number of rotatable bonds is 9. The Balaban J connectivity index is 1.54. The van der Waals surface area contributed by atoms with Crippen LogP contribution in [0.2, 0.25) is 5.02 Å². The lowest BCUT2D eigenvalue weighted by molar-refractivity contribution is 0.588. The third-order valence-corrected chi connectivity index (χ3v) is 5.01. The van der Waals surface area contributed by atoms with E-state index in [4.69, 9.17) is 11.6 Å². The average Bonchev–Trinajstić information content (AvgIpc) is 3.03. The molecule has 2 N–H and O–H groups in total. The van der Waals surface area contributed by atoms with Crippen molar-refractivity contribution in [1.29, 1.82) is 0 Å². The number of aromatic nitrogens is 2. The first kappa shape index (κ1) is 19.7. The van der Waals surface area contributed by atoms with Crippen LogP contribution in [0.3, 0.4) is 0 Å². The van der Waals surface area contributed by atoms with Gasteiger partial charge in [-0.3, -0.25) is 4.99 Å². The van der Waals surface area contributed by atoms with Crippen molar-refractivity contribution in [3.05, 3.63) is 47.5 Å². The van der Waals surface area contributed by atoms with E-state index in [9.17, 15) is 0 Å². The Hall–Kier alpha value is -1.66. The first-order valence-electron chi connectivity index (χ1n) is 8.49. The summed E-state index contributed by atoms with van der Waals surface area (Å²) in [5.74, 6) is 2.90. The van der Waals surface area contributed by atoms with Gasteiger partial charge in [-0.1, -0.05) is 11.6 Å². The Morgan fingerprint density at radius 1 is 1.20 bits per heavy atom. The van der Waals surface area contributed by atoms with Crippen LogP contribution in [0.1, 0.15) is 18.7 Å². The quantitative estimate of drug-likeness (QED) is 0.302. The minimum absolute atomic E-state index is 0.773. The molecule has 2 rings (SSSR count). The van der Waals surface area contributed by atoms with Gasteiger partial charge in [0.2, 0.25) is 0 Å². The highest BCUT2D eigenvalue weighted by Crippen LogP contribution is 2.19. The molecule has 0 aliphatic carbocycles. The monoisotopic (exact) mass is 379 g/mol. The van der Waals surface area contributed by atoms with Gasteiger partial charge in [0.1, 0.15) is 5.82 Å². The Morgan fingerprint density at radius 3 is 2.64 bits per heavy atom. The van der Waals surface area contributed by atoms with E-state index in [0.717, 1.165) is 55.0 Å². The molecule has 0 spiro atoms. The molecule has 136 valence electrons. The minimum Gasteiger partial charge on any atom is -0.356 e. The van der Waals surface area contributed by atoms with E-state index in [1.54, 1.807) is 18.8 Å². The zero-order chi connectivity index (χ0) is 17.9. The fourth-order valence-electron chi connectivity index (χ4n) is 2.34. The van der Waals surface area contributed by atoms with Crippen molar-refractivity contribution >= 4 is 29.3 Å². The summed E-state index contributed by atoms with van der Waals surface area (Å²) < 4.78 is 2.18. The topological polar surface area (TPSA) is 54.2 Å². The Kier molecular flexibility index (Phi) is 8.69. The number of hydrogen-bond acceptors (Lipinski definition) is 3. The number of thioether (sulfide) groups is 1. The van der Waals surface area contributed by atoms with E-state index >= 15 is 0 Å². The van der Waals surface area contributed by atoms with Crippen molar-refractivity contribution in [1.82, 2.24) is 20.2 Å². The van der Waals surface area contributed by atoms with Crippen LogP contribution >= 0.6 is 23.4 Å². The molecule has 1 aromatic heterocycles. The maximum absolute atomic E-state index is 5.89. The highest BCUT2D eigenvalue weighted by molar-refractivity contribution is 7.99. The van der Waals surface area contributed by atoms with Gasteiger partial charge in [0, 0.05) is 54.7 Å². The fraction of sp³-hybridized carbons (Fsp3) is 0.444. The molecule has 0 bridgehead atoms. The van der Waals surface area contributed by atoms with Gasteiger partial charge in [-0.05, 0) is 44.0 Å². The number of aliphatic imine (C=N–C) groups is 1. The fourth-order valence-corrected chi connectivity index (χ4v) is 3.24. The summed E-state index contributed by atoms with van der Waals surface area (Å²) in [4.78, 5) is 9.72. The first-order chi connectivity index (χ1) is 12.2. The number of guanidine groups is 1. The summed E-state index contributed by atoms with van der Waals surface area (Å²) >= 11 is 7.69. The Morgan fingerprint density at radius 2 is 1.96 bits per heavy atom. The molecule has 1 aromatic carbocycles. The molecule has 0 saturated heterocycles. The molecule has 0 unspecified atom stereocenters. The second-order valence-corrected chi connectivity index (χ2v) is 7.21. The van der Waals surface area contributed by atoms with E-state index in [0.29, 0.717) is 0 Å². The molecule has 1 heterocycles. The number of hydrogen-bond donors (Lipinski definition) is 2. The number of unbranched alkanes of at least 4 members (excludes halogenated alkanes) is 1. The summed E-state index contributed by atoms with van der Waals surface area (Å²) in [6, 6.07) is 7.93. The second-order valence-electron chi connectivity index (χ2n) is 5.60. The van der Waals surface area contributed by atoms with Crippen molar-refractivity contribution in [3.8, 4) is 0 Å². The van der Waals surface area contributed by atoms with Crippen LogP contribution in [0.25, 0.3) is 0 Å². The van der Waals surface area contributed by atoms with Crippen LogP contribution in [-0.2, 0) is 6.54 Å². The molecule has 0 aliphatic rings. The largest absolute Gasteiger partial charge is 0.356 e.